The van der Waals surface area contributed by atoms with Crippen molar-refractivity contribution in [1.82, 2.24) is 0 Å². The molecule has 0 spiro atoms. The van der Waals surface area contributed by atoms with E-state index in [1.165, 1.54) is 7.11 Å². The van der Waals surface area contributed by atoms with Crippen molar-refractivity contribution in [3.05, 3.63) is 35.9 Å². The van der Waals surface area contributed by atoms with Gasteiger partial charge in [0, 0.05) is 0 Å². The molecule has 0 fully saturated rings. The van der Waals surface area contributed by atoms with E-state index in [-0.39, 0.29) is 0 Å². The molecule has 0 heterocycles. The van der Waals surface area contributed by atoms with Crippen molar-refractivity contribution in [1.29, 1.82) is 0 Å². The summed E-state index contributed by atoms with van der Waals surface area (Å²) in [7, 11) is 1.27. The minimum absolute atomic E-state index is 0.301. The van der Waals surface area contributed by atoms with Crippen LogP contribution in [-0.2, 0) is 24.7 Å². The summed E-state index contributed by atoms with van der Waals surface area (Å²) in [5.74, 6) is -1.14. The average molecular weight is 334 g/mol. The Morgan fingerprint density at radius 1 is 1.08 bits per heavy atom. The summed E-state index contributed by atoms with van der Waals surface area (Å²) in [5, 5.41) is 10.7. The predicted octanol–water partition coefficient (Wildman–Crippen LogP) is 2.79. The number of aliphatic hydroxyl groups is 1. The quantitative estimate of drug-likeness (QED) is 0.275. The van der Waals surface area contributed by atoms with E-state index in [0.717, 1.165) is 25.7 Å². The highest BCUT2D eigenvalue weighted by Crippen LogP contribution is 2.29. The summed E-state index contributed by atoms with van der Waals surface area (Å²) in [5.41, 5.74) is -1.08. The lowest BCUT2D eigenvalue weighted by Crippen LogP contribution is -2.36. The van der Waals surface area contributed by atoms with E-state index in [0.29, 0.717) is 37.4 Å². The third-order valence-electron chi connectivity index (χ3n) is 4.20. The Morgan fingerprint density at radius 2 is 1.67 bits per heavy atom. The van der Waals surface area contributed by atoms with E-state index < -0.39 is 17.5 Å². The molecule has 132 valence electrons. The molecule has 0 aromatic heterocycles. The zero-order chi connectivity index (χ0) is 17.8. The fraction of sp³-hybridized carbons (Fsp3) is 0.526. The number of hydrogen-bond acceptors (Lipinski definition) is 5. The van der Waals surface area contributed by atoms with E-state index in [1.54, 1.807) is 24.3 Å². The second kappa shape index (κ2) is 10.7. The fourth-order valence-electron chi connectivity index (χ4n) is 2.71. The van der Waals surface area contributed by atoms with Gasteiger partial charge in [-0.1, -0.05) is 56.0 Å². The minimum atomic E-state index is -1.61. The molecular weight excluding hydrogens is 308 g/mol. The van der Waals surface area contributed by atoms with E-state index in [2.05, 4.69) is 0 Å². The third kappa shape index (κ3) is 5.89. The van der Waals surface area contributed by atoms with Gasteiger partial charge in [0.25, 0.3) is 0 Å². The van der Waals surface area contributed by atoms with Crippen molar-refractivity contribution >= 4 is 18.5 Å². The summed E-state index contributed by atoms with van der Waals surface area (Å²) in [6, 6.07) is 8.82. The lowest BCUT2D eigenvalue weighted by Gasteiger charge is -2.25. The molecule has 0 amide bonds. The summed E-state index contributed by atoms with van der Waals surface area (Å²) in [6.07, 6.45) is 6.47. The largest absolute Gasteiger partial charge is 0.467 e. The van der Waals surface area contributed by atoms with Gasteiger partial charge in [0.15, 0.2) is 5.60 Å². The monoisotopic (exact) mass is 334 g/mol. The molecule has 0 aliphatic carbocycles. The molecule has 0 saturated heterocycles. The third-order valence-corrected chi connectivity index (χ3v) is 4.20. The van der Waals surface area contributed by atoms with Gasteiger partial charge in [-0.2, -0.15) is 0 Å². The van der Waals surface area contributed by atoms with Crippen LogP contribution in [0.1, 0.15) is 50.5 Å². The molecule has 1 N–H and O–H groups in total. The number of hydrogen-bond donors (Lipinski definition) is 1. The summed E-state index contributed by atoms with van der Waals surface area (Å²) >= 11 is 0. The first kappa shape index (κ1) is 20.0. The van der Waals surface area contributed by atoms with Gasteiger partial charge in [0.2, 0.25) is 0 Å². The highest BCUT2D eigenvalue weighted by Gasteiger charge is 2.38. The van der Waals surface area contributed by atoms with Crippen LogP contribution in [0.15, 0.2) is 30.3 Å². The van der Waals surface area contributed by atoms with Gasteiger partial charge in [0.05, 0.1) is 13.0 Å². The average Bonchev–Trinajstić information content (AvgIpc) is 2.63. The van der Waals surface area contributed by atoms with Crippen LogP contribution in [0.3, 0.4) is 0 Å². The van der Waals surface area contributed by atoms with Gasteiger partial charge >= 0.3 is 5.97 Å². The number of carbonyl (C=O) groups excluding carboxylic acids is 3. The van der Waals surface area contributed by atoms with Gasteiger partial charge in [-0.15, -0.1) is 0 Å². The van der Waals surface area contributed by atoms with Crippen molar-refractivity contribution in [3.8, 4) is 0 Å². The van der Waals surface area contributed by atoms with Crippen molar-refractivity contribution in [3.63, 3.8) is 0 Å². The van der Waals surface area contributed by atoms with Crippen LogP contribution in [0, 0.1) is 5.92 Å². The number of methoxy groups -OCH3 is 1. The van der Waals surface area contributed by atoms with Crippen LogP contribution in [0.5, 0.6) is 0 Å². The van der Waals surface area contributed by atoms with Gasteiger partial charge in [-0.3, -0.25) is 0 Å². The van der Waals surface area contributed by atoms with Crippen LogP contribution < -0.4 is 0 Å². The summed E-state index contributed by atoms with van der Waals surface area (Å²) in [6.45, 7) is 0. The van der Waals surface area contributed by atoms with Gasteiger partial charge in [-0.05, 0) is 24.8 Å². The number of ether oxygens (including phenoxy) is 1. The molecule has 1 aromatic carbocycles. The Labute approximate surface area is 143 Å². The molecule has 1 atom stereocenters. The second-order valence-corrected chi connectivity index (χ2v) is 5.96. The van der Waals surface area contributed by atoms with Crippen molar-refractivity contribution < 1.29 is 24.2 Å². The zero-order valence-electron chi connectivity index (χ0n) is 14.1. The van der Waals surface area contributed by atoms with E-state index >= 15 is 0 Å². The predicted molar refractivity (Wildman–Crippen MR) is 90.3 cm³/mol. The van der Waals surface area contributed by atoms with Gasteiger partial charge in [0.1, 0.15) is 12.6 Å². The van der Waals surface area contributed by atoms with E-state index in [4.69, 9.17) is 4.74 Å². The topological polar surface area (TPSA) is 80.7 Å². The zero-order valence-corrected chi connectivity index (χ0v) is 14.1. The molecule has 1 aromatic rings. The Balaban J connectivity index is 2.40. The maximum atomic E-state index is 12.0. The maximum Gasteiger partial charge on any atom is 0.342 e. The molecule has 0 aliphatic heterocycles. The maximum absolute atomic E-state index is 12.0. The molecule has 0 bridgehead atoms. The molecule has 0 saturated carbocycles. The SMILES string of the molecule is COC(=O)C(O)(CCCCCCCC(C=O)C=O)c1ccccc1. The van der Waals surface area contributed by atoms with Crippen LogP contribution >= 0.6 is 0 Å². The van der Waals surface area contributed by atoms with E-state index in [9.17, 15) is 19.5 Å². The van der Waals surface area contributed by atoms with Gasteiger partial charge in [-0.25, -0.2) is 4.79 Å². The lowest BCUT2D eigenvalue weighted by atomic mass is 9.88. The molecule has 24 heavy (non-hydrogen) atoms. The smallest absolute Gasteiger partial charge is 0.342 e. The number of benzene rings is 1. The summed E-state index contributed by atoms with van der Waals surface area (Å²) in [4.78, 5) is 33.1. The molecule has 5 nitrogen and oxygen atoms in total. The molecular formula is C19H26O5. The lowest BCUT2D eigenvalue weighted by molar-refractivity contribution is -0.164. The summed E-state index contributed by atoms with van der Waals surface area (Å²) < 4.78 is 4.76. The molecule has 1 unspecified atom stereocenters. The first-order chi connectivity index (χ1) is 11.6. The minimum Gasteiger partial charge on any atom is -0.467 e. The van der Waals surface area contributed by atoms with Gasteiger partial charge < -0.3 is 19.4 Å². The first-order valence-corrected chi connectivity index (χ1v) is 8.35. The highest BCUT2D eigenvalue weighted by atomic mass is 16.5. The number of unbranched alkanes of at least 4 members (excludes halogenated alkanes) is 4. The highest BCUT2D eigenvalue weighted by molar-refractivity contribution is 5.80. The van der Waals surface area contributed by atoms with Crippen LogP contribution in [0.2, 0.25) is 0 Å². The van der Waals surface area contributed by atoms with Crippen molar-refractivity contribution in [2.75, 3.05) is 7.11 Å². The Kier molecular flexibility index (Phi) is 8.94. The Hall–Kier alpha value is -2.01. The molecule has 5 heteroatoms. The van der Waals surface area contributed by atoms with Crippen LogP contribution in [0.25, 0.3) is 0 Å². The number of rotatable bonds is 12. The Morgan fingerprint density at radius 3 is 2.25 bits per heavy atom. The molecule has 0 radical (unpaired) electrons. The van der Waals surface area contributed by atoms with Crippen LogP contribution in [-0.4, -0.2) is 30.8 Å². The molecule has 1 rings (SSSR count). The second-order valence-electron chi connectivity index (χ2n) is 5.96. The normalized spacial score (nSPS) is 13.3. The first-order valence-electron chi connectivity index (χ1n) is 8.35. The fourth-order valence-corrected chi connectivity index (χ4v) is 2.71. The standard InChI is InChI=1S/C19H26O5/c1-24-18(22)19(23,17-11-7-5-8-12-17)13-9-4-2-3-6-10-16(14-20)15-21/h5,7-8,11-12,14-16,23H,2-4,6,9-10,13H2,1H3. The van der Waals surface area contributed by atoms with Crippen molar-refractivity contribution in [2.45, 2.75) is 50.5 Å². The number of esters is 1. The Bertz CT molecular complexity index is 506. The molecule has 0 aliphatic rings. The van der Waals surface area contributed by atoms with Crippen LogP contribution in [0.4, 0.5) is 0 Å². The number of aldehydes is 2. The van der Waals surface area contributed by atoms with E-state index in [1.807, 2.05) is 6.07 Å². The number of carbonyl (C=O) groups is 3. The van der Waals surface area contributed by atoms with Crippen molar-refractivity contribution in [2.24, 2.45) is 5.92 Å².